The highest BCUT2D eigenvalue weighted by Gasteiger charge is 2.20. The molecular formula is C11H18N2S. The number of hydrogen-bond donors (Lipinski definition) is 1. The van der Waals surface area contributed by atoms with E-state index in [2.05, 4.69) is 24.1 Å². The molecule has 1 aliphatic carbocycles. The molecule has 78 valence electrons. The second-order valence-corrected chi connectivity index (χ2v) is 5.01. The summed E-state index contributed by atoms with van der Waals surface area (Å²) in [5.74, 6) is 0. The molecule has 14 heavy (non-hydrogen) atoms. The van der Waals surface area contributed by atoms with Gasteiger partial charge in [-0.3, -0.25) is 0 Å². The van der Waals surface area contributed by atoms with Crippen molar-refractivity contribution in [3.8, 4) is 0 Å². The van der Waals surface area contributed by atoms with Gasteiger partial charge < -0.3 is 5.32 Å². The lowest BCUT2D eigenvalue weighted by Gasteiger charge is -1.96. The molecule has 3 heteroatoms. The lowest BCUT2D eigenvalue weighted by atomic mass is 10.2. The topological polar surface area (TPSA) is 24.9 Å². The molecule has 0 amide bonds. The lowest BCUT2D eigenvalue weighted by Crippen LogP contribution is -2.14. The zero-order valence-electron chi connectivity index (χ0n) is 8.97. The van der Waals surface area contributed by atoms with Crippen LogP contribution in [0.1, 0.15) is 42.3 Å². The van der Waals surface area contributed by atoms with Crippen LogP contribution in [0.15, 0.2) is 0 Å². The van der Waals surface area contributed by atoms with Crippen molar-refractivity contribution in [1.29, 1.82) is 0 Å². The van der Waals surface area contributed by atoms with Crippen molar-refractivity contribution >= 4 is 11.3 Å². The Hall–Kier alpha value is -0.410. The Morgan fingerprint density at radius 3 is 2.64 bits per heavy atom. The molecule has 1 heterocycles. The Kier molecular flexibility index (Phi) is 3.19. The Morgan fingerprint density at radius 1 is 1.36 bits per heavy atom. The summed E-state index contributed by atoms with van der Waals surface area (Å²) in [6.07, 6.45) is 4.91. The molecule has 1 N–H and O–H groups in total. The Labute approximate surface area is 89.8 Å². The maximum absolute atomic E-state index is 4.66. The molecule has 0 spiro atoms. The quantitative estimate of drug-likeness (QED) is 0.808. The third-order valence-electron chi connectivity index (χ3n) is 2.60. The van der Waals surface area contributed by atoms with Gasteiger partial charge in [-0.05, 0) is 25.7 Å². The standard InChI is InChI=1S/C11H18N2S/c1-3-9-10(4-2)14-11(13-9)7-12-8-5-6-8/h8,12H,3-7H2,1-2H3. The molecule has 2 rings (SSSR count). The van der Waals surface area contributed by atoms with Crippen LogP contribution in [0.5, 0.6) is 0 Å². The van der Waals surface area contributed by atoms with Gasteiger partial charge in [0.25, 0.3) is 0 Å². The fraction of sp³-hybridized carbons (Fsp3) is 0.727. The van der Waals surface area contributed by atoms with E-state index >= 15 is 0 Å². The number of nitrogens with one attached hydrogen (secondary N) is 1. The molecule has 0 bridgehead atoms. The monoisotopic (exact) mass is 210 g/mol. The third-order valence-corrected chi connectivity index (χ3v) is 3.84. The summed E-state index contributed by atoms with van der Waals surface area (Å²) in [4.78, 5) is 6.13. The number of thiazole rings is 1. The number of rotatable bonds is 5. The van der Waals surface area contributed by atoms with Gasteiger partial charge in [0.15, 0.2) is 0 Å². The van der Waals surface area contributed by atoms with E-state index in [0.29, 0.717) is 0 Å². The predicted octanol–water partition coefficient (Wildman–Crippen LogP) is 2.52. The van der Waals surface area contributed by atoms with Crippen LogP contribution in [0, 0.1) is 0 Å². The SMILES string of the molecule is CCc1nc(CNC2CC2)sc1CC. The maximum atomic E-state index is 4.66. The molecule has 2 nitrogen and oxygen atoms in total. The van der Waals surface area contributed by atoms with Crippen LogP contribution >= 0.6 is 11.3 Å². The van der Waals surface area contributed by atoms with Crippen LogP contribution in [0.3, 0.4) is 0 Å². The van der Waals surface area contributed by atoms with Gasteiger partial charge in [-0.15, -0.1) is 11.3 Å². The first-order valence-corrected chi connectivity index (χ1v) is 6.36. The first-order chi connectivity index (χ1) is 6.83. The van der Waals surface area contributed by atoms with E-state index in [-0.39, 0.29) is 0 Å². The Morgan fingerprint density at radius 2 is 2.14 bits per heavy atom. The summed E-state index contributed by atoms with van der Waals surface area (Å²) >= 11 is 1.88. The molecule has 1 aromatic heterocycles. The molecule has 1 saturated carbocycles. The molecule has 0 aromatic carbocycles. The fourth-order valence-electron chi connectivity index (χ4n) is 1.58. The van der Waals surface area contributed by atoms with Crippen molar-refractivity contribution in [3.63, 3.8) is 0 Å². The molecule has 0 atom stereocenters. The molecule has 1 aliphatic rings. The Bertz CT molecular complexity index is 281. The number of nitrogens with zero attached hydrogens (tertiary/aromatic N) is 1. The number of aromatic nitrogens is 1. The molecule has 1 fully saturated rings. The largest absolute Gasteiger partial charge is 0.308 e. The van der Waals surface area contributed by atoms with E-state index in [4.69, 9.17) is 0 Å². The summed E-state index contributed by atoms with van der Waals surface area (Å²) in [6.45, 7) is 5.37. The van der Waals surface area contributed by atoms with Gasteiger partial charge in [0.1, 0.15) is 5.01 Å². The average molecular weight is 210 g/mol. The second kappa shape index (κ2) is 4.41. The van der Waals surface area contributed by atoms with Gasteiger partial charge in [0.2, 0.25) is 0 Å². The van der Waals surface area contributed by atoms with Crippen LogP contribution in [0.4, 0.5) is 0 Å². The highest BCUT2D eigenvalue weighted by molar-refractivity contribution is 7.11. The molecule has 1 aromatic rings. The lowest BCUT2D eigenvalue weighted by molar-refractivity contribution is 0.682. The highest BCUT2D eigenvalue weighted by Crippen LogP contribution is 2.22. The zero-order valence-corrected chi connectivity index (χ0v) is 9.78. The first-order valence-electron chi connectivity index (χ1n) is 5.54. The van der Waals surface area contributed by atoms with Crippen LogP contribution in [-0.2, 0) is 19.4 Å². The van der Waals surface area contributed by atoms with Crippen LogP contribution in [0.25, 0.3) is 0 Å². The van der Waals surface area contributed by atoms with Crippen molar-refractivity contribution in [2.45, 2.75) is 52.1 Å². The van der Waals surface area contributed by atoms with E-state index in [1.165, 1.54) is 28.4 Å². The highest BCUT2D eigenvalue weighted by atomic mass is 32.1. The molecule has 0 unspecified atom stereocenters. The van der Waals surface area contributed by atoms with E-state index < -0.39 is 0 Å². The average Bonchev–Trinajstić information content (AvgIpc) is 2.95. The van der Waals surface area contributed by atoms with Gasteiger partial charge in [0.05, 0.1) is 5.69 Å². The number of aryl methyl sites for hydroxylation is 2. The third kappa shape index (κ3) is 2.34. The smallest absolute Gasteiger partial charge is 0.107 e. The van der Waals surface area contributed by atoms with Crippen LogP contribution in [-0.4, -0.2) is 11.0 Å². The maximum Gasteiger partial charge on any atom is 0.107 e. The van der Waals surface area contributed by atoms with Gasteiger partial charge in [-0.1, -0.05) is 13.8 Å². The fourth-order valence-corrected chi connectivity index (χ4v) is 2.63. The van der Waals surface area contributed by atoms with E-state index in [1.54, 1.807) is 0 Å². The summed E-state index contributed by atoms with van der Waals surface area (Å²) < 4.78 is 0. The summed E-state index contributed by atoms with van der Waals surface area (Å²) in [5.41, 5.74) is 1.31. The van der Waals surface area contributed by atoms with E-state index in [0.717, 1.165) is 25.4 Å². The van der Waals surface area contributed by atoms with Crippen LogP contribution < -0.4 is 5.32 Å². The predicted molar refractivity (Wildman–Crippen MR) is 60.7 cm³/mol. The van der Waals surface area contributed by atoms with Crippen molar-refractivity contribution in [1.82, 2.24) is 10.3 Å². The molecular weight excluding hydrogens is 192 g/mol. The second-order valence-electron chi connectivity index (χ2n) is 3.84. The van der Waals surface area contributed by atoms with Crippen molar-refractivity contribution in [2.24, 2.45) is 0 Å². The van der Waals surface area contributed by atoms with Gasteiger partial charge in [-0.2, -0.15) is 0 Å². The van der Waals surface area contributed by atoms with Crippen LogP contribution in [0.2, 0.25) is 0 Å². The Balaban J connectivity index is 1.97. The van der Waals surface area contributed by atoms with Crippen molar-refractivity contribution in [3.05, 3.63) is 15.6 Å². The summed E-state index contributed by atoms with van der Waals surface area (Å²) in [7, 11) is 0. The zero-order chi connectivity index (χ0) is 9.97. The van der Waals surface area contributed by atoms with Gasteiger partial charge in [0, 0.05) is 17.5 Å². The minimum absolute atomic E-state index is 0.786. The van der Waals surface area contributed by atoms with Crippen molar-refractivity contribution < 1.29 is 0 Å². The first kappa shape index (κ1) is 10.1. The summed E-state index contributed by atoms with van der Waals surface area (Å²) in [5, 5.41) is 4.78. The minimum Gasteiger partial charge on any atom is -0.308 e. The number of hydrogen-bond acceptors (Lipinski definition) is 3. The van der Waals surface area contributed by atoms with E-state index in [9.17, 15) is 0 Å². The van der Waals surface area contributed by atoms with Gasteiger partial charge >= 0.3 is 0 Å². The summed E-state index contributed by atoms with van der Waals surface area (Å²) in [6, 6.07) is 0.786. The van der Waals surface area contributed by atoms with Crippen molar-refractivity contribution in [2.75, 3.05) is 0 Å². The van der Waals surface area contributed by atoms with E-state index in [1.807, 2.05) is 11.3 Å². The van der Waals surface area contributed by atoms with Gasteiger partial charge in [-0.25, -0.2) is 4.98 Å². The molecule has 0 radical (unpaired) electrons. The molecule has 0 saturated heterocycles. The normalized spacial score (nSPS) is 16.1. The molecule has 0 aliphatic heterocycles. The minimum atomic E-state index is 0.786.